The minimum atomic E-state index is -0.431. The zero-order valence-corrected chi connectivity index (χ0v) is 12.3. The Bertz CT molecular complexity index is 589. The number of benzene rings is 1. The lowest BCUT2D eigenvalue weighted by atomic mass is 10.3. The number of nitrogens with zero attached hydrogens (tertiary/aromatic N) is 2. The van der Waals surface area contributed by atoms with Gasteiger partial charge in [-0.05, 0) is 35.0 Å². The van der Waals surface area contributed by atoms with Gasteiger partial charge in [-0.25, -0.2) is 14.8 Å². The Kier molecular flexibility index (Phi) is 4.89. The lowest BCUT2D eigenvalue weighted by molar-refractivity contribution is 0.261. The first-order chi connectivity index (χ1) is 9.69. The molecule has 0 radical (unpaired) electrons. The van der Waals surface area contributed by atoms with E-state index in [-0.39, 0.29) is 5.95 Å². The third kappa shape index (κ3) is 3.92. The second-order valence-corrected chi connectivity index (χ2v) is 4.65. The molecule has 20 heavy (non-hydrogen) atoms. The largest absolute Gasteiger partial charge is 0.492 e. The second-order valence-electron chi connectivity index (χ2n) is 3.73. The highest BCUT2D eigenvalue weighted by molar-refractivity contribution is 9.10. The van der Waals surface area contributed by atoms with Gasteiger partial charge in [0.25, 0.3) is 0 Å². The maximum atomic E-state index is 11.9. The molecular weight excluding hydrogens is 324 g/mol. The van der Waals surface area contributed by atoms with Crippen LogP contribution in [-0.2, 0) is 0 Å². The zero-order valence-electron chi connectivity index (χ0n) is 10.8. The molecule has 2 amide bonds. The van der Waals surface area contributed by atoms with Crippen molar-refractivity contribution < 1.29 is 9.53 Å². The van der Waals surface area contributed by atoms with Gasteiger partial charge in [-0.1, -0.05) is 12.1 Å². The fourth-order valence-electron chi connectivity index (χ4n) is 1.48. The van der Waals surface area contributed by atoms with E-state index in [0.29, 0.717) is 18.0 Å². The van der Waals surface area contributed by atoms with Crippen LogP contribution in [-0.4, -0.2) is 22.6 Å². The summed E-state index contributed by atoms with van der Waals surface area (Å²) >= 11 is 3.22. The van der Waals surface area contributed by atoms with E-state index in [1.165, 1.54) is 0 Å². The molecule has 0 saturated carbocycles. The first kappa shape index (κ1) is 14.3. The lowest BCUT2D eigenvalue weighted by Gasteiger charge is -2.11. The van der Waals surface area contributed by atoms with E-state index in [1.807, 2.05) is 19.1 Å². The molecule has 104 valence electrons. The van der Waals surface area contributed by atoms with E-state index < -0.39 is 6.03 Å². The van der Waals surface area contributed by atoms with E-state index in [0.717, 1.165) is 4.47 Å². The molecule has 1 aromatic heterocycles. The van der Waals surface area contributed by atoms with Gasteiger partial charge in [-0.15, -0.1) is 0 Å². The smallest absolute Gasteiger partial charge is 0.326 e. The van der Waals surface area contributed by atoms with Gasteiger partial charge in [0.15, 0.2) is 0 Å². The molecule has 2 rings (SSSR count). The van der Waals surface area contributed by atoms with Crippen LogP contribution in [0.2, 0.25) is 0 Å². The van der Waals surface area contributed by atoms with Crippen molar-refractivity contribution >= 4 is 33.6 Å². The number of nitrogens with one attached hydrogen (secondary N) is 2. The summed E-state index contributed by atoms with van der Waals surface area (Å²) in [5.41, 5.74) is 0.587. The molecule has 0 saturated heterocycles. The topological polar surface area (TPSA) is 76.1 Å². The highest BCUT2D eigenvalue weighted by Crippen LogP contribution is 2.23. The molecule has 0 atom stereocenters. The molecule has 2 aromatic rings. The van der Waals surface area contributed by atoms with Crippen LogP contribution in [0.15, 0.2) is 41.1 Å². The summed E-state index contributed by atoms with van der Waals surface area (Å²) in [6, 6.07) is 6.77. The summed E-state index contributed by atoms with van der Waals surface area (Å²) in [6.07, 6.45) is 3.10. The molecule has 1 heterocycles. The highest BCUT2D eigenvalue weighted by Gasteiger charge is 2.08. The van der Waals surface area contributed by atoms with Gasteiger partial charge >= 0.3 is 6.03 Å². The Morgan fingerprint density at radius 1 is 1.25 bits per heavy atom. The molecule has 1 aromatic carbocycles. The predicted octanol–water partition coefficient (Wildman–Crippen LogP) is 3.28. The third-order valence-electron chi connectivity index (χ3n) is 2.28. The lowest BCUT2D eigenvalue weighted by Crippen LogP contribution is -2.21. The molecule has 0 aliphatic heterocycles. The van der Waals surface area contributed by atoms with Crippen LogP contribution in [0.1, 0.15) is 6.92 Å². The highest BCUT2D eigenvalue weighted by atomic mass is 79.9. The molecular formula is C13H13BrN4O2. The standard InChI is InChI=1S/C13H13BrN4O2/c1-2-20-11-6-4-3-5-10(11)17-13(19)18-12-15-7-9(14)8-16-12/h3-8H,2H2,1H3,(H2,15,16,17,18,19). The first-order valence-electron chi connectivity index (χ1n) is 5.96. The van der Waals surface area contributed by atoms with Crippen LogP contribution in [0.25, 0.3) is 0 Å². The van der Waals surface area contributed by atoms with E-state index in [2.05, 4.69) is 36.5 Å². The predicted molar refractivity (Wildman–Crippen MR) is 80.0 cm³/mol. The fourth-order valence-corrected chi connectivity index (χ4v) is 1.69. The minimum absolute atomic E-state index is 0.222. The van der Waals surface area contributed by atoms with Crippen molar-refractivity contribution in [1.29, 1.82) is 0 Å². The van der Waals surface area contributed by atoms with Gasteiger partial charge in [-0.3, -0.25) is 5.32 Å². The van der Waals surface area contributed by atoms with E-state index >= 15 is 0 Å². The minimum Gasteiger partial charge on any atom is -0.492 e. The Balaban J connectivity index is 2.02. The van der Waals surface area contributed by atoms with Crippen LogP contribution in [0, 0.1) is 0 Å². The van der Waals surface area contributed by atoms with Crippen molar-refractivity contribution in [3.8, 4) is 5.75 Å². The Labute approximate surface area is 124 Å². The van der Waals surface area contributed by atoms with E-state index in [4.69, 9.17) is 4.74 Å². The molecule has 0 aliphatic rings. The maximum absolute atomic E-state index is 11.9. The number of carbonyl (C=O) groups excluding carboxylic acids is 1. The first-order valence-corrected chi connectivity index (χ1v) is 6.75. The Morgan fingerprint density at radius 2 is 1.95 bits per heavy atom. The maximum Gasteiger partial charge on any atom is 0.326 e. The molecule has 0 bridgehead atoms. The van der Waals surface area contributed by atoms with Crippen molar-refractivity contribution in [1.82, 2.24) is 9.97 Å². The number of aromatic nitrogens is 2. The van der Waals surface area contributed by atoms with Gasteiger partial charge in [0.05, 0.1) is 16.8 Å². The number of hydrogen-bond donors (Lipinski definition) is 2. The number of halogens is 1. The van der Waals surface area contributed by atoms with Gasteiger partial charge in [0.1, 0.15) is 5.75 Å². The van der Waals surface area contributed by atoms with Crippen molar-refractivity contribution in [2.24, 2.45) is 0 Å². The van der Waals surface area contributed by atoms with Crippen molar-refractivity contribution in [3.05, 3.63) is 41.1 Å². The number of para-hydroxylation sites is 2. The van der Waals surface area contributed by atoms with Gasteiger partial charge in [-0.2, -0.15) is 0 Å². The number of anilines is 2. The molecule has 0 fully saturated rings. The second kappa shape index (κ2) is 6.85. The monoisotopic (exact) mass is 336 g/mol. The quantitative estimate of drug-likeness (QED) is 0.898. The zero-order chi connectivity index (χ0) is 14.4. The normalized spacial score (nSPS) is 9.90. The van der Waals surface area contributed by atoms with Crippen molar-refractivity contribution in [3.63, 3.8) is 0 Å². The number of rotatable bonds is 4. The van der Waals surface area contributed by atoms with E-state index in [1.54, 1.807) is 24.5 Å². The van der Waals surface area contributed by atoms with Crippen molar-refractivity contribution in [2.45, 2.75) is 6.92 Å². The summed E-state index contributed by atoms with van der Waals surface area (Å²) in [4.78, 5) is 19.8. The summed E-state index contributed by atoms with van der Waals surface area (Å²) in [5, 5.41) is 5.23. The van der Waals surface area contributed by atoms with Gasteiger partial charge < -0.3 is 10.1 Å². The van der Waals surface area contributed by atoms with Crippen LogP contribution in [0.4, 0.5) is 16.4 Å². The molecule has 0 unspecified atom stereocenters. The summed E-state index contributed by atoms with van der Waals surface area (Å²) in [6.45, 7) is 2.41. The van der Waals surface area contributed by atoms with Crippen LogP contribution in [0.3, 0.4) is 0 Å². The van der Waals surface area contributed by atoms with Gasteiger partial charge in [0.2, 0.25) is 5.95 Å². The Hall–Kier alpha value is -2.15. The SMILES string of the molecule is CCOc1ccccc1NC(=O)Nc1ncc(Br)cn1. The number of amides is 2. The number of urea groups is 1. The average molecular weight is 337 g/mol. The van der Waals surface area contributed by atoms with E-state index in [9.17, 15) is 4.79 Å². The van der Waals surface area contributed by atoms with Gasteiger partial charge in [0, 0.05) is 12.4 Å². The van der Waals surface area contributed by atoms with Crippen molar-refractivity contribution in [2.75, 3.05) is 17.2 Å². The number of hydrogen-bond acceptors (Lipinski definition) is 4. The molecule has 6 nitrogen and oxygen atoms in total. The summed E-state index contributed by atoms with van der Waals surface area (Å²) in [5.74, 6) is 0.835. The molecule has 0 spiro atoms. The van der Waals surface area contributed by atoms with Crippen LogP contribution >= 0.6 is 15.9 Å². The molecule has 0 aliphatic carbocycles. The van der Waals surface area contributed by atoms with Crippen LogP contribution < -0.4 is 15.4 Å². The fraction of sp³-hybridized carbons (Fsp3) is 0.154. The number of carbonyl (C=O) groups is 1. The average Bonchev–Trinajstić information content (AvgIpc) is 2.44. The summed E-state index contributed by atoms with van der Waals surface area (Å²) in [7, 11) is 0. The Morgan fingerprint density at radius 3 is 2.65 bits per heavy atom. The molecule has 7 heteroatoms. The summed E-state index contributed by atoms with van der Waals surface area (Å²) < 4.78 is 6.16. The van der Waals surface area contributed by atoms with Crippen LogP contribution in [0.5, 0.6) is 5.75 Å². The number of ether oxygens (including phenoxy) is 1. The third-order valence-corrected chi connectivity index (χ3v) is 2.69. The molecule has 2 N–H and O–H groups in total.